The van der Waals surface area contributed by atoms with E-state index in [4.69, 9.17) is 9.97 Å². The van der Waals surface area contributed by atoms with Crippen LogP contribution in [-0.4, -0.2) is 49.6 Å². The van der Waals surface area contributed by atoms with Crippen LogP contribution >= 0.6 is 0 Å². The zero-order valence-corrected chi connectivity index (χ0v) is 19.3. The molecular weight excluding hydrogens is 416 g/mol. The zero-order chi connectivity index (χ0) is 23.1. The maximum atomic E-state index is 13.0. The van der Waals surface area contributed by atoms with E-state index in [-0.39, 0.29) is 17.7 Å². The Labute approximate surface area is 193 Å². The smallest absolute Gasteiger partial charge is 0.257 e. The maximum Gasteiger partial charge on any atom is 0.257 e. The van der Waals surface area contributed by atoms with E-state index >= 15 is 0 Å². The Morgan fingerprint density at radius 2 is 1.91 bits per heavy atom. The van der Waals surface area contributed by atoms with Crippen molar-refractivity contribution in [3.8, 4) is 0 Å². The van der Waals surface area contributed by atoms with Gasteiger partial charge in [-0.05, 0) is 32.3 Å². The number of amides is 2. The van der Waals surface area contributed by atoms with E-state index in [1.807, 2.05) is 56.1 Å². The first kappa shape index (κ1) is 21.3. The molecule has 0 aliphatic carbocycles. The third-order valence-electron chi connectivity index (χ3n) is 6.84. The first-order valence-electron chi connectivity index (χ1n) is 11.4. The second kappa shape index (κ2) is 8.42. The van der Waals surface area contributed by atoms with Gasteiger partial charge in [0.25, 0.3) is 5.91 Å². The number of hydrogen-bond donors (Lipinski definition) is 0. The number of hydrogen-bond acceptors (Lipinski definition) is 5. The van der Waals surface area contributed by atoms with E-state index < -0.39 is 0 Å². The summed E-state index contributed by atoms with van der Waals surface area (Å²) in [7, 11) is 1.84. The van der Waals surface area contributed by atoms with Crippen molar-refractivity contribution in [1.82, 2.24) is 24.6 Å². The highest BCUT2D eigenvalue weighted by Crippen LogP contribution is 2.33. The van der Waals surface area contributed by atoms with E-state index in [0.29, 0.717) is 38.0 Å². The van der Waals surface area contributed by atoms with Crippen LogP contribution in [0.1, 0.15) is 57.5 Å². The van der Waals surface area contributed by atoms with E-state index in [9.17, 15) is 9.59 Å². The monoisotopic (exact) mass is 444 g/mol. The van der Waals surface area contributed by atoms with E-state index in [2.05, 4.69) is 5.10 Å². The standard InChI is InChI=1S/C25H28N6O2/c1-16-20-9-10-22(32)31(14-18-7-5-4-6-8-18)24(20)28-23(27-16)19-11-12-30(15-19)25(33)21-13-26-29(3)17(21)2/h4-8,13,19H,9-12,14-15H2,1-3H3. The molecule has 1 atom stereocenters. The lowest BCUT2D eigenvalue weighted by molar-refractivity contribution is -0.119. The number of aromatic nitrogens is 4. The van der Waals surface area contributed by atoms with Crippen LogP contribution in [0.25, 0.3) is 0 Å². The largest absolute Gasteiger partial charge is 0.338 e. The maximum absolute atomic E-state index is 13.0. The highest BCUT2D eigenvalue weighted by molar-refractivity contribution is 5.96. The Morgan fingerprint density at radius 1 is 1.12 bits per heavy atom. The fourth-order valence-corrected chi connectivity index (χ4v) is 4.75. The number of carbonyl (C=O) groups excluding carboxylic acids is 2. The van der Waals surface area contributed by atoms with E-state index in [0.717, 1.165) is 40.6 Å². The van der Waals surface area contributed by atoms with Crippen molar-refractivity contribution in [2.45, 2.75) is 45.6 Å². The average molecular weight is 445 g/mol. The molecule has 5 rings (SSSR count). The van der Waals surface area contributed by atoms with Gasteiger partial charge in [-0.2, -0.15) is 5.10 Å². The first-order chi connectivity index (χ1) is 15.9. The molecule has 3 aromatic rings. The van der Waals surface area contributed by atoms with Gasteiger partial charge in [-0.3, -0.25) is 19.2 Å². The molecule has 1 unspecified atom stereocenters. The number of anilines is 1. The number of likely N-dealkylation sites (tertiary alicyclic amines) is 1. The highest BCUT2D eigenvalue weighted by atomic mass is 16.2. The van der Waals surface area contributed by atoms with Crippen LogP contribution < -0.4 is 4.90 Å². The average Bonchev–Trinajstić information content (AvgIpc) is 3.43. The number of aryl methyl sites for hydroxylation is 2. The third kappa shape index (κ3) is 3.90. The van der Waals surface area contributed by atoms with Gasteiger partial charge in [-0.1, -0.05) is 30.3 Å². The normalized spacial score (nSPS) is 18.0. The van der Waals surface area contributed by atoms with Gasteiger partial charge in [0.2, 0.25) is 5.91 Å². The van der Waals surface area contributed by atoms with Crippen molar-refractivity contribution in [2.24, 2.45) is 7.05 Å². The van der Waals surface area contributed by atoms with Gasteiger partial charge in [0, 0.05) is 49.4 Å². The predicted octanol–water partition coefficient (Wildman–Crippen LogP) is 2.94. The number of nitrogens with zero attached hydrogens (tertiary/aromatic N) is 6. The zero-order valence-electron chi connectivity index (χ0n) is 19.3. The number of benzene rings is 1. The molecule has 2 amide bonds. The Balaban J connectivity index is 1.41. The summed E-state index contributed by atoms with van der Waals surface area (Å²) >= 11 is 0. The minimum Gasteiger partial charge on any atom is -0.338 e. The van der Waals surface area contributed by atoms with Crippen LogP contribution in [0.2, 0.25) is 0 Å². The lowest BCUT2D eigenvalue weighted by atomic mass is 10.0. The van der Waals surface area contributed by atoms with E-state index in [1.54, 1.807) is 15.8 Å². The minimum atomic E-state index is -0.00124. The Kier molecular flexibility index (Phi) is 5.44. The number of fused-ring (bicyclic) bond motifs is 1. The topological polar surface area (TPSA) is 84.2 Å². The van der Waals surface area contributed by atoms with Crippen LogP contribution in [0, 0.1) is 13.8 Å². The second-order valence-corrected chi connectivity index (χ2v) is 8.94. The molecule has 8 nitrogen and oxygen atoms in total. The molecule has 1 fully saturated rings. The van der Waals surface area contributed by atoms with Gasteiger partial charge in [-0.15, -0.1) is 0 Å². The molecule has 1 saturated heterocycles. The molecule has 4 heterocycles. The molecule has 0 spiro atoms. The predicted molar refractivity (Wildman–Crippen MR) is 124 cm³/mol. The molecule has 0 bridgehead atoms. The van der Waals surface area contributed by atoms with Crippen LogP contribution in [0.5, 0.6) is 0 Å². The van der Waals surface area contributed by atoms with Crippen molar-refractivity contribution < 1.29 is 9.59 Å². The molecule has 0 saturated carbocycles. The minimum absolute atomic E-state index is 0.00124. The molecule has 2 aromatic heterocycles. The summed E-state index contributed by atoms with van der Waals surface area (Å²) in [5.74, 6) is 1.58. The van der Waals surface area contributed by atoms with Gasteiger partial charge in [0.15, 0.2) is 0 Å². The Hall–Kier alpha value is -3.55. The molecular formula is C25H28N6O2. The summed E-state index contributed by atoms with van der Waals surface area (Å²) in [5.41, 5.74) is 4.54. The Bertz CT molecular complexity index is 1220. The van der Waals surface area contributed by atoms with Crippen molar-refractivity contribution in [3.05, 3.63) is 70.4 Å². The van der Waals surface area contributed by atoms with Crippen LogP contribution in [-0.2, 0) is 24.8 Å². The van der Waals surface area contributed by atoms with Crippen LogP contribution in [0.3, 0.4) is 0 Å². The van der Waals surface area contributed by atoms with Gasteiger partial charge in [-0.25, -0.2) is 9.97 Å². The Morgan fingerprint density at radius 3 is 2.64 bits per heavy atom. The van der Waals surface area contributed by atoms with Crippen molar-refractivity contribution in [2.75, 3.05) is 18.0 Å². The summed E-state index contributed by atoms with van der Waals surface area (Å²) in [6.45, 7) is 5.62. The van der Waals surface area contributed by atoms with Crippen LogP contribution in [0.15, 0.2) is 36.5 Å². The molecule has 0 N–H and O–H groups in total. The van der Waals surface area contributed by atoms with Crippen LogP contribution in [0.4, 0.5) is 5.82 Å². The molecule has 33 heavy (non-hydrogen) atoms. The van der Waals surface area contributed by atoms with Gasteiger partial charge in [0.1, 0.15) is 11.6 Å². The quantitative estimate of drug-likeness (QED) is 0.618. The molecule has 0 radical (unpaired) electrons. The highest BCUT2D eigenvalue weighted by Gasteiger charge is 2.34. The first-order valence-corrected chi connectivity index (χ1v) is 11.4. The summed E-state index contributed by atoms with van der Waals surface area (Å²) in [6, 6.07) is 9.99. The second-order valence-electron chi connectivity index (χ2n) is 8.94. The summed E-state index contributed by atoms with van der Waals surface area (Å²) in [6.07, 6.45) is 3.58. The van der Waals surface area contributed by atoms with Crippen molar-refractivity contribution in [1.29, 1.82) is 0 Å². The lowest BCUT2D eigenvalue weighted by Gasteiger charge is -2.30. The van der Waals surface area contributed by atoms with Crippen molar-refractivity contribution in [3.63, 3.8) is 0 Å². The summed E-state index contributed by atoms with van der Waals surface area (Å²) in [4.78, 5) is 39.3. The molecule has 2 aliphatic heterocycles. The van der Waals surface area contributed by atoms with E-state index in [1.165, 1.54) is 0 Å². The summed E-state index contributed by atoms with van der Waals surface area (Å²) < 4.78 is 1.72. The lowest BCUT2D eigenvalue weighted by Crippen LogP contribution is -2.36. The fourth-order valence-electron chi connectivity index (χ4n) is 4.75. The molecule has 2 aliphatic rings. The molecule has 170 valence electrons. The summed E-state index contributed by atoms with van der Waals surface area (Å²) in [5, 5.41) is 4.20. The third-order valence-corrected chi connectivity index (χ3v) is 6.84. The molecule has 8 heteroatoms. The number of rotatable bonds is 4. The fraction of sp³-hybridized carbons (Fsp3) is 0.400. The van der Waals surface area contributed by atoms with Gasteiger partial charge in [0.05, 0.1) is 18.3 Å². The number of carbonyl (C=O) groups is 2. The van der Waals surface area contributed by atoms with Gasteiger partial charge < -0.3 is 4.90 Å². The SMILES string of the molecule is Cc1nc(C2CCN(C(=O)c3cnn(C)c3C)C2)nc2c1CCC(=O)N2Cc1ccccc1. The van der Waals surface area contributed by atoms with Crippen molar-refractivity contribution >= 4 is 17.6 Å². The molecule has 1 aromatic carbocycles. The van der Waals surface area contributed by atoms with Gasteiger partial charge >= 0.3 is 0 Å².